The van der Waals surface area contributed by atoms with E-state index < -0.39 is 0 Å². The van der Waals surface area contributed by atoms with Crippen LogP contribution in [0.1, 0.15) is 11.1 Å². The molecule has 0 fully saturated rings. The van der Waals surface area contributed by atoms with Gasteiger partial charge in [0, 0.05) is 16.1 Å². The van der Waals surface area contributed by atoms with E-state index in [0.29, 0.717) is 21.9 Å². The Bertz CT molecular complexity index is 1420. The molecule has 5 rings (SSSR count). The highest BCUT2D eigenvalue weighted by atomic mass is 35.5. The van der Waals surface area contributed by atoms with Gasteiger partial charge in [0.05, 0.1) is 19.2 Å². The molecular formula is C28H21ClN2O3. The maximum atomic E-state index is 13.6. The first-order valence-electron chi connectivity index (χ1n) is 10.8. The van der Waals surface area contributed by atoms with Gasteiger partial charge in [-0.3, -0.25) is 14.5 Å². The van der Waals surface area contributed by atoms with Crippen molar-refractivity contribution in [2.45, 2.75) is 6.54 Å². The molecule has 0 saturated heterocycles. The minimum Gasteiger partial charge on any atom is -0.497 e. The fourth-order valence-corrected chi connectivity index (χ4v) is 4.23. The Hall–Kier alpha value is -4.09. The van der Waals surface area contributed by atoms with Gasteiger partial charge in [0.2, 0.25) is 0 Å². The zero-order valence-electron chi connectivity index (χ0n) is 18.4. The van der Waals surface area contributed by atoms with Crippen LogP contribution in [0.3, 0.4) is 0 Å². The molecule has 0 spiro atoms. The molecule has 5 nitrogen and oxygen atoms in total. The highest BCUT2D eigenvalue weighted by molar-refractivity contribution is 6.36. The largest absolute Gasteiger partial charge is 0.497 e. The lowest BCUT2D eigenvalue weighted by Crippen LogP contribution is -2.32. The van der Waals surface area contributed by atoms with Crippen molar-refractivity contribution < 1.29 is 14.3 Å². The van der Waals surface area contributed by atoms with E-state index in [1.807, 2.05) is 54.6 Å². The second kappa shape index (κ2) is 9.04. The molecule has 4 aromatic carbocycles. The quantitative estimate of drug-likeness (QED) is 0.358. The number of carbonyl (C=O) groups is 2. The van der Waals surface area contributed by atoms with E-state index in [0.717, 1.165) is 22.0 Å². The molecule has 1 N–H and O–H groups in total. The van der Waals surface area contributed by atoms with E-state index in [4.69, 9.17) is 16.3 Å². The first kappa shape index (κ1) is 21.7. The van der Waals surface area contributed by atoms with Crippen LogP contribution < -0.4 is 10.1 Å². The highest BCUT2D eigenvalue weighted by Gasteiger charge is 2.39. The van der Waals surface area contributed by atoms with Gasteiger partial charge in [0.15, 0.2) is 0 Å². The Morgan fingerprint density at radius 3 is 2.26 bits per heavy atom. The Kier molecular flexibility index (Phi) is 5.78. The lowest BCUT2D eigenvalue weighted by atomic mass is 10.0. The lowest BCUT2D eigenvalue weighted by Gasteiger charge is -2.16. The van der Waals surface area contributed by atoms with E-state index in [1.165, 1.54) is 4.90 Å². The predicted octanol–water partition coefficient (Wildman–Crippen LogP) is 5.89. The number of ether oxygens (including phenoxy) is 1. The molecule has 4 aromatic rings. The van der Waals surface area contributed by atoms with Crippen LogP contribution in [0.25, 0.3) is 16.3 Å². The molecule has 0 radical (unpaired) electrons. The number of amides is 2. The van der Waals surface area contributed by atoms with E-state index >= 15 is 0 Å². The van der Waals surface area contributed by atoms with Gasteiger partial charge < -0.3 is 10.1 Å². The van der Waals surface area contributed by atoms with E-state index in [9.17, 15) is 9.59 Å². The van der Waals surface area contributed by atoms with Crippen molar-refractivity contribution >= 4 is 45.4 Å². The molecule has 0 unspecified atom stereocenters. The molecule has 168 valence electrons. The summed E-state index contributed by atoms with van der Waals surface area (Å²) in [6.07, 6.45) is 0. The summed E-state index contributed by atoms with van der Waals surface area (Å²) in [6.45, 7) is 0.148. The zero-order chi connectivity index (χ0) is 23.7. The predicted molar refractivity (Wildman–Crippen MR) is 134 cm³/mol. The topological polar surface area (TPSA) is 58.6 Å². The van der Waals surface area contributed by atoms with Crippen LogP contribution in [0.2, 0.25) is 5.02 Å². The summed E-state index contributed by atoms with van der Waals surface area (Å²) >= 11 is 6.00. The van der Waals surface area contributed by atoms with Crippen LogP contribution in [-0.4, -0.2) is 23.8 Å². The molecule has 2 amide bonds. The monoisotopic (exact) mass is 468 g/mol. The Morgan fingerprint density at radius 1 is 0.824 bits per heavy atom. The number of hydrogen-bond acceptors (Lipinski definition) is 4. The minimum absolute atomic E-state index is 0.148. The molecule has 1 heterocycles. The second-order valence-corrected chi connectivity index (χ2v) is 8.39. The van der Waals surface area contributed by atoms with E-state index in [1.54, 1.807) is 43.5 Å². The minimum atomic E-state index is -0.376. The fraction of sp³-hybridized carbons (Fsp3) is 0.0714. The van der Waals surface area contributed by atoms with Gasteiger partial charge >= 0.3 is 0 Å². The summed E-state index contributed by atoms with van der Waals surface area (Å²) < 4.78 is 5.26. The summed E-state index contributed by atoms with van der Waals surface area (Å²) in [5.74, 6) is -0.0609. The molecular weight excluding hydrogens is 448 g/mol. The first-order chi connectivity index (χ1) is 16.5. The smallest absolute Gasteiger partial charge is 0.278 e. The number of methoxy groups -OCH3 is 1. The highest BCUT2D eigenvalue weighted by Crippen LogP contribution is 2.34. The number of hydrogen-bond donors (Lipinski definition) is 1. The van der Waals surface area contributed by atoms with Crippen LogP contribution in [0.5, 0.6) is 5.75 Å². The number of rotatable bonds is 6. The van der Waals surface area contributed by atoms with Crippen molar-refractivity contribution in [1.29, 1.82) is 0 Å². The normalized spacial score (nSPS) is 13.6. The van der Waals surface area contributed by atoms with Crippen molar-refractivity contribution in [3.63, 3.8) is 0 Å². The molecule has 0 bridgehead atoms. The zero-order valence-corrected chi connectivity index (χ0v) is 19.2. The number of nitrogens with zero attached hydrogens (tertiary/aromatic N) is 1. The summed E-state index contributed by atoms with van der Waals surface area (Å²) in [7, 11) is 1.58. The molecule has 1 aliphatic heterocycles. The SMILES string of the molecule is COc1ccc(C2=C(Nc3cccc4ccccc34)C(=O)N(Cc3ccc(Cl)cc3)C2=O)cc1. The third kappa shape index (κ3) is 4.02. The maximum absolute atomic E-state index is 13.6. The van der Waals surface area contributed by atoms with Gasteiger partial charge in [-0.25, -0.2) is 0 Å². The van der Waals surface area contributed by atoms with Crippen LogP contribution in [0.4, 0.5) is 5.69 Å². The standard InChI is InChI=1S/C28H21ClN2O3/c1-34-22-15-11-20(12-16-22)25-26(30-24-8-4-6-19-5-2-3-7-23(19)24)28(33)31(27(25)32)17-18-9-13-21(29)14-10-18/h2-16,30H,17H2,1H3. The number of anilines is 1. The number of benzene rings is 4. The molecule has 6 heteroatoms. The third-order valence-electron chi connectivity index (χ3n) is 5.85. The summed E-state index contributed by atoms with van der Waals surface area (Å²) in [6, 6.07) is 28.0. The number of carbonyl (C=O) groups excluding carboxylic acids is 2. The second-order valence-electron chi connectivity index (χ2n) is 7.95. The molecule has 0 aromatic heterocycles. The fourth-order valence-electron chi connectivity index (χ4n) is 4.10. The first-order valence-corrected chi connectivity index (χ1v) is 11.2. The number of imide groups is 1. The number of nitrogens with one attached hydrogen (secondary N) is 1. The van der Waals surface area contributed by atoms with Crippen molar-refractivity contribution in [3.05, 3.63) is 113 Å². The van der Waals surface area contributed by atoms with Crippen LogP contribution in [-0.2, 0) is 16.1 Å². The Morgan fingerprint density at radius 2 is 1.53 bits per heavy atom. The molecule has 0 atom stereocenters. The molecule has 1 aliphatic rings. The van der Waals surface area contributed by atoms with Crippen molar-refractivity contribution in [3.8, 4) is 5.75 Å². The van der Waals surface area contributed by atoms with Gasteiger partial charge in [-0.05, 0) is 46.8 Å². The van der Waals surface area contributed by atoms with Gasteiger partial charge in [-0.2, -0.15) is 0 Å². The third-order valence-corrected chi connectivity index (χ3v) is 6.10. The summed E-state index contributed by atoms with van der Waals surface area (Å²) in [5, 5.41) is 5.87. The van der Waals surface area contributed by atoms with Gasteiger partial charge in [-0.1, -0.05) is 72.3 Å². The summed E-state index contributed by atoms with van der Waals surface area (Å²) in [4.78, 5) is 28.4. The van der Waals surface area contributed by atoms with Crippen LogP contribution in [0.15, 0.2) is 96.7 Å². The van der Waals surface area contributed by atoms with Gasteiger partial charge in [0.1, 0.15) is 11.4 Å². The van der Waals surface area contributed by atoms with Crippen LogP contribution >= 0.6 is 11.6 Å². The molecule has 34 heavy (non-hydrogen) atoms. The van der Waals surface area contributed by atoms with Crippen molar-refractivity contribution in [2.24, 2.45) is 0 Å². The lowest BCUT2D eigenvalue weighted by molar-refractivity contribution is -0.137. The summed E-state index contributed by atoms with van der Waals surface area (Å²) in [5.41, 5.74) is 2.79. The maximum Gasteiger partial charge on any atom is 0.278 e. The average molecular weight is 469 g/mol. The molecule has 0 aliphatic carbocycles. The van der Waals surface area contributed by atoms with Crippen molar-refractivity contribution in [1.82, 2.24) is 4.90 Å². The Labute approximate surface area is 202 Å². The number of halogens is 1. The van der Waals surface area contributed by atoms with E-state index in [2.05, 4.69) is 5.32 Å². The average Bonchev–Trinajstić information content (AvgIpc) is 3.09. The number of fused-ring (bicyclic) bond motifs is 1. The van der Waals surface area contributed by atoms with Crippen molar-refractivity contribution in [2.75, 3.05) is 12.4 Å². The van der Waals surface area contributed by atoms with Gasteiger partial charge in [-0.15, -0.1) is 0 Å². The Balaban J connectivity index is 1.58. The van der Waals surface area contributed by atoms with Gasteiger partial charge in [0.25, 0.3) is 11.8 Å². The molecule has 0 saturated carbocycles. The van der Waals surface area contributed by atoms with E-state index in [-0.39, 0.29) is 24.1 Å². The van der Waals surface area contributed by atoms with Crippen LogP contribution in [0, 0.1) is 0 Å².